The van der Waals surface area contributed by atoms with Crippen molar-refractivity contribution >= 4 is 28.5 Å². The molecular weight excluding hydrogens is 282 g/mol. The normalized spacial score (nSPS) is 15.6. The summed E-state index contributed by atoms with van der Waals surface area (Å²) in [4.78, 5) is 20.6. The number of amides is 1. The SMILES string of the molecule is O=C(C=Cc1ccccc1)N1CCN(c2nccs2)CC1. The lowest BCUT2D eigenvalue weighted by molar-refractivity contribution is -0.126. The van der Waals surface area contributed by atoms with Crippen LogP contribution in [0.2, 0.25) is 0 Å². The van der Waals surface area contributed by atoms with Gasteiger partial charge in [0.15, 0.2) is 5.13 Å². The number of nitrogens with zero attached hydrogens (tertiary/aromatic N) is 3. The Kier molecular flexibility index (Phi) is 4.31. The van der Waals surface area contributed by atoms with E-state index in [0.29, 0.717) is 0 Å². The number of hydrogen-bond donors (Lipinski definition) is 0. The van der Waals surface area contributed by atoms with Gasteiger partial charge in [-0.25, -0.2) is 4.98 Å². The maximum atomic E-state index is 12.2. The van der Waals surface area contributed by atoms with Crippen molar-refractivity contribution < 1.29 is 4.79 Å². The van der Waals surface area contributed by atoms with Gasteiger partial charge in [-0.15, -0.1) is 11.3 Å². The maximum absolute atomic E-state index is 12.2. The smallest absolute Gasteiger partial charge is 0.246 e. The van der Waals surface area contributed by atoms with Gasteiger partial charge in [-0.05, 0) is 11.6 Å². The minimum atomic E-state index is 0.0811. The molecule has 0 aliphatic carbocycles. The van der Waals surface area contributed by atoms with Crippen LogP contribution >= 0.6 is 11.3 Å². The molecule has 0 N–H and O–H groups in total. The summed E-state index contributed by atoms with van der Waals surface area (Å²) in [5.74, 6) is 0.0811. The van der Waals surface area contributed by atoms with E-state index in [4.69, 9.17) is 0 Å². The highest BCUT2D eigenvalue weighted by atomic mass is 32.1. The van der Waals surface area contributed by atoms with Gasteiger partial charge < -0.3 is 9.80 Å². The number of anilines is 1. The fourth-order valence-electron chi connectivity index (χ4n) is 2.33. The van der Waals surface area contributed by atoms with Crippen LogP contribution in [0.3, 0.4) is 0 Å². The molecule has 0 radical (unpaired) electrons. The van der Waals surface area contributed by atoms with Crippen molar-refractivity contribution in [3.05, 3.63) is 53.5 Å². The zero-order chi connectivity index (χ0) is 14.5. The molecule has 5 heteroatoms. The molecule has 0 bridgehead atoms. The molecule has 0 unspecified atom stereocenters. The molecule has 1 aromatic heterocycles. The summed E-state index contributed by atoms with van der Waals surface area (Å²) >= 11 is 1.64. The van der Waals surface area contributed by atoms with Crippen LogP contribution in [0, 0.1) is 0 Å². The third-order valence-corrected chi connectivity index (χ3v) is 4.33. The zero-order valence-corrected chi connectivity index (χ0v) is 12.5. The van der Waals surface area contributed by atoms with Gasteiger partial charge in [-0.3, -0.25) is 4.79 Å². The van der Waals surface area contributed by atoms with Gasteiger partial charge in [0, 0.05) is 43.8 Å². The number of aromatic nitrogens is 1. The van der Waals surface area contributed by atoms with E-state index in [2.05, 4.69) is 9.88 Å². The van der Waals surface area contributed by atoms with Crippen LogP contribution in [-0.4, -0.2) is 42.0 Å². The lowest BCUT2D eigenvalue weighted by Gasteiger charge is -2.34. The molecular formula is C16H17N3OS. The summed E-state index contributed by atoms with van der Waals surface area (Å²) in [5.41, 5.74) is 1.05. The van der Waals surface area contributed by atoms with Crippen molar-refractivity contribution in [3.63, 3.8) is 0 Å². The second kappa shape index (κ2) is 6.54. The van der Waals surface area contributed by atoms with Gasteiger partial charge in [0.2, 0.25) is 5.91 Å². The first-order valence-corrected chi connectivity index (χ1v) is 7.87. The van der Waals surface area contributed by atoms with Gasteiger partial charge in [0.25, 0.3) is 0 Å². The molecule has 1 amide bonds. The molecule has 1 fully saturated rings. The second-order valence-electron chi connectivity index (χ2n) is 4.87. The number of hydrogen-bond acceptors (Lipinski definition) is 4. The Hall–Kier alpha value is -2.14. The van der Waals surface area contributed by atoms with E-state index < -0.39 is 0 Å². The largest absolute Gasteiger partial charge is 0.345 e. The Bertz CT molecular complexity index is 602. The van der Waals surface area contributed by atoms with Gasteiger partial charge >= 0.3 is 0 Å². The molecule has 0 atom stereocenters. The fraction of sp³-hybridized carbons (Fsp3) is 0.250. The van der Waals surface area contributed by atoms with Crippen LogP contribution in [0.15, 0.2) is 48.0 Å². The minimum absolute atomic E-state index is 0.0811. The summed E-state index contributed by atoms with van der Waals surface area (Å²) in [6, 6.07) is 9.89. The number of carbonyl (C=O) groups is 1. The van der Waals surface area contributed by atoms with E-state index in [1.165, 1.54) is 0 Å². The van der Waals surface area contributed by atoms with E-state index >= 15 is 0 Å². The Balaban J connectivity index is 1.54. The summed E-state index contributed by atoms with van der Waals surface area (Å²) in [7, 11) is 0. The van der Waals surface area contributed by atoms with Crippen LogP contribution in [0.4, 0.5) is 5.13 Å². The van der Waals surface area contributed by atoms with Crippen LogP contribution in [0.25, 0.3) is 6.08 Å². The van der Waals surface area contributed by atoms with E-state index in [0.717, 1.165) is 36.9 Å². The molecule has 2 aromatic rings. The highest BCUT2D eigenvalue weighted by molar-refractivity contribution is 7.13. The molecule has 4 nitrogen and oxygen atoms in total. The Morgan fingerprint density at radius 3 is 2.57 bits per heavy atom. The van der Waals surface area contributed by atoms with Crippen molar-refractivity contribution in [1.82, 2.24) is 9.88 Å². The van der Waals surface area contributed by atoms with Gasteiger partial charge in [-0.1, -0.05) is 30.3 Å². The monoisotopic (exact) mass is 299 g/mol. The molecule has 21 heavy (non-hydrogen) atoms. The minimum Gasteiger partial charge on any atom is -0.345 e. The summed E-state index contributed by atoms with van der Waals surface area (Å²) < 4.78 is 0. The van der Waals surface area contributed by atoms with Crippen molar-refractivity contribution in [2.45, 2.75) is 0 Å². The van der Waals surface area contributed by atoms with E-state index in [1.807, 2.05) is 52.9 Å². The van der Waals surface area contributed by atoms with Crippen molar-refractivity contribution in [3.8, 4) is 0 Å². The van der Waals surface area contributed by atoms with Crippen molar-refractivity contribution in [2.24, 2.45) is 0 Å². The average molecular weight is 299 g/mol. The first kappa shape index (κ1) is 13.8. The summed E-state index contributed by atoms with van der Waals surface area (Å²) in [6.45, 7) is 3.19. The third-order valence-electron chi connectivity index (χ3n) is 3.50. The fourth-order valence-corrected chi connectivity index (χ4v) is 3.02. The van der Waals surface area contributed by atoms with Crippen LogP contribution in [0.5, 0.6) is 0 Å². The quantitative estimate of drug-likeness (QED) is 0.817. The van der Waals surface area contributed by atoms with Crippen LogP contribution in [-0.2, 0) is 4.79 Å². The Labute approximate surface area is 128 Å². The highest BCUT2D eigenvalue weighted by Crippen LogP contribution is 2.19. The lowest BCUT2D eigenvalue weighted by Crippen LogP contribution is -2.48. The molecule has 3 rings (SSSR count). The summed E-state index contributed by atoms with van der Waals surface area (Å²) in [6.07, 6.45) is 5.35. The van der Waals surface area contributed by atoms with E-state index in [1.54, 1.807) is 17.4 Å². The van der Waals surface area contributed by atoms with Crippen LogP contribution in [0.1, 0.15) is 5.56 Å². The molecule has 1 aromatic carbocycles. The first-order chi connectivity index (χ1) is 10.3. The van der Waals surface area contributed by atoms with Gasteiger partial charge in [0.1, 0.15) is 0 Å². The molecule has 0 spiro atoms. The number of thiazole rings is 1. The van der Waals surface area contributed by atoms with Crippen molar-refractivity contribution in [1.29, 1.82) is 0 Å². The van der Waals surface area contributed by atoms with E-state index in [9.17, 15) is 4.79 Å². The second-order valence-corrected chi connectivity index (χ2v) is 5.74. The standard InChI is InChI=1S/C16H17N3OS/c20-15(7-6-14-4-2-1-3-5-14)18-9-11-19(12-10-18)16-17-8-13-21-16/h1-8,13H,9-12H2. The zero-order valence-electron chi connectivity index (χ0n) is 11.7. The molecule has 1 aliphatic rings. The lowest BCUT2D eigenvalue weighted by atomic mass is 10.2. The Morgan fingerprint density at radius 1 is 1.14 bits per heavy atom. The number of rotatable bonds is 3. The summed E-state index contributed by atoms with van der Waals surface area (Å²) in [5, 5.41) is 3.03. The first-order valence-electron chi connectivity index (χ1n) is 6.99. The topological polar surface area (TPSA) is 36.4 Å². The number of benzene rings is 1. The molecule has 108 valence electrons. The Morgan fingerprint density at radius 2 is 1.90 bits per heavy atom. The maximum Gasteiger partial charge on any atom is 0.246 e. The predicted molar refractivity (Wildman–Crippen MR) is 86.4 cm³/mol. The van der Waals surface area contributed by atoms with Gasteiger partial charge in [-0.2, -0.15) is 0 Å². The van der Waals surface area contributed by atoms with E-state index in [-0.39, 0.29) is 5.91 Å². The highest BCUT2D eigenvalue weighted by Gasteiger charge is 2.20. The molecule has 0 saturated carbocycles. The average Bonchev–Trinajstić information content (AvgIpc) is 3.08. The molecule has 1 aliphatic heterocycles. The third kappa shape index (κ3) is 3.49. The van der Waals surface area contributed by atoms with Crippen LogP contribution < -0.4 is 4.90 Å². The van der Waals surface area contributed by atoms with Crippen molar-refractivity contribution in [2.75, 3.05) is 31.1 Å². The molecule has 1 saturated heterocycles. The number of carbonyl (C=O) groups excluding carboxylic acids is 1. The number of piperazine rings is 1. The predicted octanol–water partition coefficient (Wildman–Crippen LogP) is 2.51. The molecule has 2 heterocycles. The van der Waals surface area contributed by atoms with Gasteiger partial charge in [0.05, 0.1) is 0 Å².